The first-order valence-electron chi connectivity index (χ1n) is 15.1. The Bertz CT molecular complexity index is 2260. The lowest BCUT2D eigenvalue weighted by molar-refractivity contribution is -0.137. The third kappa shape index (κ3) is 7.23. The van der Waals surface area contributed by atoms with Crippen LogP contribution >= 0.6 is 45.3 Å². The Labute approximate surface area is 303 Å². The number of rotatable bonds is 14. The summed E-state index contributed by atoms with van der Waals surface area (Å²) in [6, 6.07) is 17.4. The summed E-state index contributed by atoms with van der Waals surface area (Å²) in [7, 11) is 0. The first-order chi connectivity index (χ1) is 24.5. The molecule has 0 spiro atoms. The number of thiophene rings is 4. The Morgan fingerprint density at radius 3 is 1.12 bits per heavy atom. The van der Waals surface area contributed by atoms with Gasteiger partial charge in [-0.25, -0.2) is 0 Å². The molecule has 0 aliphatic carbocycles. The Morgan fingerprint density at radius 1 is 0.431 bits per heavy atom. The van der Waals surface area contributed by atoms with E-state index in [9.17, 15) is 39.6 Å². The molecule has 0 aliphatic rings. The third-order valence-electron chi connectivity index (χ3n) is 7.68. The highest BCUT2D eigenvalue weighted by molar-refractivity contribution is 7.19. The molecule has 0 atom stereocenters. The summed E-state index contributed by atoms with van der Waals surface area (Å²) in [4.78, 5) is 50.1. The molecule has 0 unspecified atom stereocenters. The van der Waals surface area contributed by atoms with Crippen molar-refractivity contribution in [2.45, 2.75) is 25.7 Å². The molecule has 7 aromatic heterocycles. The monoisotopic (exact) mass is 760 g/mol. The van der Waals surface area contributed by atoms with E-state index in [-0.39, 0.29) is 25.7 Å². The summed E-state index contributed by atoms with van der Waals surface area (Å²) in [5, 5.41) is 41.5. The molecule has 0 amide bonds. The minimum atomic E-state index is -1.02. The fraction of sp³-hybridized carbons (Fsp3) is 0.111. The van der Waals surface area contributed by atoms with E-state index in [2.05, 4.69) is 0 Å². The molecule has 7 heterocycles. The highest BCUT2D eigenvalue weighted by Crippen LogP contribution is 2.45. The lowest BCUT2D eigenvalue weighted by atomic mass is 10.1. The van der Waals surface area contributed by atoms with Crippen molar-refractivity contribution in [1.29, 1.82) is 0 Å². The molecule has 15 heteroatoms. The lowest BCUT2D eigenvalue weighted by Crippen LogP contribution is -1.99. The standard InChI is InChI=1S/C36H24O11S4/c37-29(38)13-17-7-9-48-33(17)23-3-5-25(46-23)35-19(15-31(41)42)11-27(50-35)21-1-2-22(45-21)28-12-20(16-32(43)44)36(51-28)26-6-4-24(47-26)34-18(8-10-49-34)14-30(39)40/h1-12H,13-16H2,(H,37,38)(H,39,40)(H,41,42)(H,43,44). The largest absolute Gasteiger partial charge is 0.481 e. The lowest BCUT2D eigenvalue weighted by Gasteiger charge is -2.00. The first kappa shape index (κ1) is 34.0. The molecule has 7 aromatic rings. The number of hydrogen-bond donors (Lipinski definition) is 4. The normalized spacial score (nSPS) is 11.3. The highest BCUT2D eigenvalue weighted by atomic mass is 32.1. The second-order valence-corrected chi connectivity index (χ2v) is 15.2. The zero-order chi connectivity index (χ0) is 35.8. The van der Waals surface area contributed by atoms with Crippen molar-refractivity contribution in [3.63, 3.8) is 0 Å². The summed E-state index contributed by atoms with van der Waals surface area (Å²) in [5.41, 5.74) is 2.28. The number of carboxylic acids is 4. The van der Waals surface area contributed by atoms with E-state index in [1.807, 2.05) is 0 Å². The zero-order valence-electron chi connectivity index (χ0n) is 26.0. The van der Waals surface area contributed by atoms with Gasteiger partial charge in [-0.05, 0) is 93.7 Å². The van der Waals surface area contributed by atoms with Gasteiger partial charge in [-0.3, -0.25) is 19.2 Å². The van der Waals surface area contributed by atoms with Gasteiger partial charge in [0.2, 0.25) is 0 Å². The Balaban J connectivity index is 1.20. The van der Waals surface area contributed by atoms with E-state index in [0.29, 0.717) is 86.1 Å². The molecule has 258 valence electrons. The van der Waals surface area contributed by atoms with Crippen LogP contribution < -0.4 is 0 Å². The third-order valence-corrected chi connectivity index (χ3v) is 12.0. The van der Waals surface area contributed by atoms with Crippen LogP contribution in [0.3, 0.4) is 0 Å². The quantitative estimate of drug-likeness (QED) is 0.0827. The molecule has 0 saturated carbocycles. The molecule has 7 rings (SSSR count). The number of furan rings is 3. The molecule has 0 fully saturated rings. The Morgan fingerprint density at radius 2 is 0.745 bits per heavy atom. The van der Waals surface area contributed by atoms with Crippen LogP contribution in [0.2, 0.25) is 0 Å². The fourth-order valence-corrected chi connectivity index (χ4v) is 9.56. The van der Waals surface area contributed by atoms with E-state index >= 15 is 0 Å². The highest BCUT2D eigenvalue weighted by Gasteiger charge is 2.24. The number of carboxylic acid groups (broad SMARTS) is 4. The molecule has 4 N–H and O–H groups in total. The maximum atomic E-state index is 11.8. The van der Waals surface area contributed by atoms with Crippen LogP contribution in [0.15, 0.2) is 84.7 Å². The summed E-state index contributed by atoms with van der Waals surface area (Å²) < 4.78 is 18.6. The zero-order valence-corrected chi connectivity index (χ0v) is 29.3. The molecule has 0 aliphatic heterocycles. The van der Waals surface area contributed by atoms with Gasteiger partial charge in [-0.15, -0.1) is 45.3 Å². The number of hydrogen-bond acceptors (Lipinski definition) is 11. The van der Waals surface area contributed by atoms with Gasteiger partial charge in [0, 0.05) is 0 Å². The van der Waals surface area contributed by atoms with E-state index in [4.69, 9.17) is 13.3 Å². The minimum Gasteiger partial charge on any atom is -0.481 e. The average molecular weight is 761 g/mol. The van der Waals surface area contributed by atoms with Crippen LogP contribution in [0.1, 0.15) is 22.3 Å². The second-order valence-electron chi connectivity index (χ2n) is 11.3. The molecule has 0 saturated heterocycles. The van der Waals surface area contributed by atoms with Crippen molar-refractivity contribution in [2.75, 3.05) is 0 Å². The van der Waals surface area contributed by atoms with Crippen molar-refractivity contribution < 1.29 is 52.9 Å². The van der Waals surface area contributed by atoms with Crippen molar-refractivity contribution in [1.82, 2.24) is 0 Å². The molecular formula is C36H24O11S4. The molecular weight excluding hydrogens is 737 g/mol. The van der Waals surface area contributed by atoms with Crippen LogP contribution in [-0.2, 0) is 44.9 Å². The van der Waals surface area contributed by atoms with Gasteiger partial charge in [0.25, 0.3) is 0 Å². The van der Waals surface area contributed by atoms with Gasteiger partial charge >= 0.3 is 23.9 Å². The van der Waals surface area contributed by atoms with Crippen molar-refractivity contribution >= 4 is 69.2 Å². The molecule has 0 aromatic carbocycles. The molecule has 0 radical (unpaired) electrons. The van der Waals surface area contributed by atoms with Crippen LogP contribution in [0.4, 0.5) is 0 Å². The number of aliphatic carboxylic acids is 4. The van der Waals surface area contributed by atoms with E-state index in [0.717, 1.165) is 0 Å². The van der Waals surface area contributed by atoms with Crippen molar-refractivity contribution in [3.05, 3.63) is 93.7 Å². The Kier molecular flexibility index (Phi) is 9.35. The van der Waals surface area contributed by atoms with Gasteiger partial charge < -0.3 is 33.7 Å². The van der Waals surface area contributed by atoms with E-state index in [1.165, 1.54) is 45.3 Å². The summed E-state index contributed by atoms with van der Waals surface area (Å²) in [5.74, 6) is -1.17. The van der Waals surface area contributed by atoms with Gasteiger partial charge in [-0.2, -0.15) is 0 Å². The topological polar surface area (TPSA) is 189 Å². The fourth-order valence-electron chi connectivity index (χ4n) is 5.58. The maximum absolute atomic E-state index is 11.8. The van der Waals surface area contributed by atoms with Crippen LogP contribution in [0.5, 0.6) is 0 Å². The van der Waals surface area contributed by atoms with E-state index < -0.39 is 23.9 Å². The van der Waals surface area contributed by atoms with Crippen LogP contribution in [-0.4, -0.2) is 44.3 Å². The van der Waals surface area contributed by atoms with Crippen LogP contribution in [0.25, 0.3) is 63.8 Å². The van der Waals surface area contributed by atoms with E-state index in [1.54, 1.807) is 71.4 Å². The van der Waals surface area contributed by atoms with Crippen LogP contribution in [0, 0.1) is 0 Å². The van der Waals surface area contributed by atoms with Gasteiger partial charge in [0.15, 0.2) is 0 Å². The molecule has 11 nitrogen and oxygen atoms in total. The van der Waals surface area contributed by atoms with Gasteiger partial charge in [0.05, 0.1) is 54.9 Å². The smallest absolute Gasteiger partial charge is 0.307 e. The SMILES string of the molecule is O=C(O)Cc1ccsc1-c1ccc(-c2sc(-c3ccc(-c4cc(CC(=O)O)c(-c5ccc(-c6sccc6CC(=O)O)o5)s4)o3)cc2CC(=O)O)o1. The van der Waals surface area contributed by atoms with Crippen molar-refractivity contribution in [3.8, 4) is 63.8 Å². The molecule has 0 bridgehead atoms. The van der Waals surface area contributed by atoms with Gasteiger partial charge in [-0.1, -0.05) is 0 Å². The second kappa shape index (κ2) is 14.0. The predicted molar refractivity (Wildman–Crippen MR) is 193 cm³/mol. The maximum Gasteiger partial charge on any atom is 0.307 e. The minimum absolute atomic E-state index is 0.153. The summed E-state index contributed by atoms with van der Waals surface area (Å²) in [6.07, 6.45) is -0.834. The van der Waals surface area contributed by atoms with Gasteiger partial charge in [0.1, 0.15) is 34.6 Å². The summed E-state index contributed by atoms with van der Waals surface area (Å²) in [6.45, 7) is 0. The predicted octanol–water partition coefficient (Wildman–Crippen LogP) is 9.22. The first-order valence-corrected chi connectivity index (χ1v) is 18.5. The average Bonchev–Trinajstić information content (AvgIpc) is 3.89. The molecule has 51 heavy (non-hydrogen) atoms. The summed E-state index contributed by atoms with van der Waals surface area (Å²) >= 11 is 5.31. The van der Waals surface area contributed by atoms with Crippen molar-refractivity contribution in [2.24, 2.45) is 0 Å². The number of carbonyl (C=O) groups is 4. The Hall–Kier alpha value is -5.48.